The van der Waals surface area contributed by atoms with Crippen LogP contribution in [0.5, 0.6) is 0 Å². The number of benzene rings is 1. The van der Waals surface area contributed by atoms with Gasteiger partial charge in [-0.1, -0.05) is 6.07 Å². The zero-order valence-electron chi connectivity index (χ0n) is 11.5. The molecule has 1 fully saturated rings. The van der Waals surface area contributed by atoms with Gasteiger partial charge >= 0.3 is 0 Å². The quantitative estimate of drug-likeness (QED) is 0.901. The minimum absolute atomic E-state index is 0.244. The minimum Gasteiger partial charge on any atom is -0.372 e. The summed E-state index contributed by atoms with van der Waals surface area (Å²) in [6.45, 7) is 0. The molecule has 0 atom stereocenters. The number of hydrogen-bond acceptors (Lipinski definition) is 3. The lowest BCUT2D eigenvalue weighted by atomic mass is 10.1. The first-order chi connectivity index (χ1) is 10.1. The Labute approximate surface area is 129 Å². The van der Waals surface area contributed by atoms with Gasteiger partial charge in [0.15, 0.2) is 0 Å². The van der Waals surface area contributed by atoms with Crippen LogP contribution in [-0.2, 0) is 6.42 Å². The van der Waals surface area contributed by atoms with Crippen molar-refractivity contribution in [2.24, 2.45) is 0 Å². The molecule has 1 aromatic carbocycles. The van der Waals surface area contributed by atoms with Gasteiger partial charge in [-0.15, -0.1) is 0 Å². The number of halogens is 3. The summed E-state index contributed by atoms with van der Waals surface area (Å²) in [6, 6.07) is 3.57. The highest BCUT2D eigenvalue weighted by Gasteiger charge is 2.29. The van der Waals surface area contributed by atoms with Crippen LogP contribution in [0.3, 0.4) is 0 Å². The molecule has 0 bridgehead atoms. The number of nitrogens with zero attached hydrogens (tertiary/aromatic N) is 2. The van der Waals surface area contributed by atoms with Gasteiger partial charge in [-0.2, -0.15) is 0 Å². The van der Waals surface area contributed by atoms with E-state index in [-0.39, 0.29) is 6.42 Å². The Kier molecular flexibility index (Phi) is 3.89. The predicted molar refractivity (Wildman–Crippen MR) is 80.4 cm³/mol. The summed E-state index contributed by atoms with van der Waals surface area (Å²) < 4.78 is 27.6. The van der Waals surface area contributed by atoms with E-state index in [4.69, 9.17) is 0 Å². The SMILES string of the molecule is CNc1nc(Cc2ccc(F)cc2F)nc(C2CC2)c1Br. The number of hydrogen-bond donors (Lipinski definition) is 1. The molecule has 1 aromatic heterocycles. The Balaban J connectivity index is 1.96. The van der Waals surface area contributed by atoms with Gasteiger partial charge in [0.1, 0.15) is 23.3 Å². The molecule has 3 rings (SSSR count). The van der Waals surface area contributed by atoms with Crippen molar-refractivity contribution in [1.29, 1.82) is 0 Å². The van der Waals surface area contributed by atoms with Gasteiger partial charge < -0.3 is 5.32 Å². The number of rotatable bonds is 4. The van der Waals surface area contributed by atoms with Crippen molar-refractivity contribution in [2.75, 3.05) is 12.4 Å². The largest absolute Gasteiger partial charge is 0.372 e. The molecule has 1 heterocycles. The molecule has 1 aliphatic rings. The monoisotopic (exact) mass is 353 g/mol. The zero-order chi connectivity index (χ0) is 15.0. The summed E-state index contributed by atoms with van der Waals surface area (Å²) in [6.07, 6.45) is 2.47. The van der Waals surface area contributed by atoms with Crippen molar-refractivity contribution in [3.8, 4) is 0 Å². The van der Waals surface area contributed by atoms with E-state index in [2.05, 4.69) is 31.2 Å². The Morgan fingerprint density at radius 3 is 2.67 bits per heavy atom. The topological polar surface area (TPSA) is 37.8 Å². The van der Waals surface area contributed by atoms with Gasteiger partial charge in [0.25, 0.3) is 0 Å². The van der Waals surface area contributed by atoms with Crippen LogP contribution in [0.1, 0.15) is 35.8 Å². The van der Waals surface area contributed by atoms with Crippen LogP contribution in [0, 0.1) is 11.6 Å². The van der Waals surface area contributed by atoms with Crippen LogP contribution in [0.15, 0.2) is 22.7 Å². The first-order valence-corrected chi connectivity index (χ1v) is 7.55. The molecular weight excluding hydrogens is 340 g/mol. The second kappa shape index (κ2) is 5.67. The van der Waals surface area contributed by atoms with Gasteiger partial charge in [0, 0.05) is 25.5 Å². The van der Waals surface area contributed by atoms with Crippen molar-refractivity contribution in [2.45, 2.75) is 25.2 Å². The Hall–Kier alpha value is -1.56. The number of anilines is 1. The average Bonchev–Trinajstić information content (AvgIpc) is 3.28. The Morgan fingerprint density at radius 2 is 2.05 bits per heavy atom. The Bertz CT molecular complexity index is 687. The van der Waals surface area contributed by atoms with E-state index in [0.717, 1.165) is 29.1 Å². The first-order valence-electron chi connectivity index (χ1n) is 6.76. The second-order valence-electron chi connectivity index (χ2n) is 5.12. The smallest absolute Gasteiger partial charge is 0.144 e. The maximum absolute atomic E-state index is 13.7. The molecule has 0 spiro atoms. The maximum atomic E-state index is 13.7. The zero-order valence-corrected chi connectivity index (χ0v) is 13.0. The molecule has 3 nitrogen and oxygen atoms in total. The third kappa shape index (κ3) is 3.05. The second-order valence-corrected chi connectivity index (χ2v) is 5.92. The molecule has 2 aromatic rings. The van der Waals surface area contributed by atoms with Gasteiger partial charge in [0.2, 0.25) is 0 Å². The lowest BCUT2D eigenvalue weighted by molar-refractivity contribution is 0.573. The fourth-order valence-corrected chi connectivity index (χ4v) is 2.92. The van der Waals surface area contributed by atoms with Crippen molar-refractivity contribution in [3.05, 3.63) is 51.4 Å². The Morgan fingerprint density at radius 1 is 1.29 bits per heavy atom. The third-order valence-electron chi connectivity index (χ3n) is 3.49. The molecule has 0 aliphatic heterocycles. The molecule has 1 N–H and O–H groups in total. The number of aromatic nitrogens is 2. The summed E-state index contributed by atoms with van der Waals surface area (Å²) in [5.74, 6) is 0.536. The molecule has 110 valence electrons. The molecule has 6 heteroatoms. The molecule has 0 radical (unpaired) electrons. The molecular formula is C15H14BrF2N3. The van der Waals surface area contributed by atoms with Gasteiger partial charge in [0.05, 0.1) is 10.2 Å². The standard InChI is InChI=1S/C15H14BrF2N3/c1-19-15-13(16)14(8-2-3-8)20-12(21-15)6-9-4-5-10(17)7-11(9)18/h4-5,7-8H,2-3,6H2,1H3,(H,19,20,21). The fourth-order valence-electron chi connectivity index (χ4n) is 2.22. The fraction of sp³-hybridized carbons (Fsp3) is 0.333. The summed E-state index contributed by atoms with van der Waals surface area (Å²) in [5, 5.41) is 3.02. The highest BCUT2D eigenvalue weighted by Crippen LogP contribution is 2.43. The van der Waals surface area contributed by atoms with Crippen LogP contribution in [0.25, 0.3) is 0 Å². The van der Waals surface area contributed by atoms with E-state index in [1.54, 1.807) is 7.05 Å². The van der Waals surface area contributed by atoms with Crippen molar-refractivity contribution in [3.63, 3.8) is 0 Å². The van der Waals surface area contributed by atoms with Crippen molar-refractivity contribution >= 4 is 21.7 Å². The van der Waals surface area contributed by atoms with Gasteiger partial charge in [-0.25, -0.2) is 18.7 Å². The summed E-state index contributed by atoms with van der Waals surface area (Å²) >= 11 is 3.51. The summed E-state index contributed by atoms with van der Waals surface area (Å²) in [4.78, 5) is 8.93. The first kappa shape index (κ1) is 14.4. The van der Waals surface area contributed by atoms with E-state index in [9.17, 15) is 8.78 Å². The van der Waals surface area contributed by atoms with E-state index >= 15 is 0 Å². The average molecular weight is 354 g/mol. The molecule has 0 unspecified atom stereocenters. The van der Waals surface area contributed by atoms with Gasteiger partial charge in [-0.3, -0.25) is 0 Å². The van der Waals surface area contributed by atoms with Crippen LogP contribution in [-0.4, -0.2) is 17.0 Å². The van der Waals surface area contributed by atoms with E-state index in [0.29, 0.717) is 23.1 Å². The van der Waals surface area contributed by atoms with Crippen LogP contribution in [0.2, 0.25) is 0 Å². The summed E-state index contributed by atoms with van der Waals surface area (Å²) in [7, 11) is 1.78. The molecule has 0 saturated heterocycles. The lowest BCUT2D eigenvalue weighted by Crippen LogP contribution is -2.06. The normalized spacial score (nSPS) is 14.3. The number of nitrogens with one attached hydrogen (secondary N) is 1. The van der Waals surface area contributed by atoms with Gasteiger partial charge in [-0.05, 0) is 40.4 Å². The highest BCUT2D eigenvalue weighted by atomic mass is 79.9. The summed E-state index contributed by atoms with van der Waals surface area (Å²) in [5.41, 5.74) is 1.36. The lowest BCUT2D eigenvalue weighted by Gasteiger charge is -2.11. The maximum Gasteiger partial charge on any atom is 0.144 e. The molecule has 1 aliphatic carbocycles. The van der Waals surface area contributed by atoms with E-state index < -0.39 is 11.6 Å². The van der Waals surface area contributed by atoms with Crippen molar-refractivity contribution < 1.29 is 8.78 Å². The highest BCUT2D eigenvalue weighted by molar-refractivity contribution is 9.10. The van der Waals surface area contributed by atoms with Crippen LogP contribution >= 0.6 is 15.9 Å². The molecule has 1 saturated carbocycles. The minimum atomic E-state index is -0.581. The van der Waals surface area contributed by atoms with Crippen LogP contribution < -0.4 is 5.32 Å². The molecule has 0 amide bonds. The third-order valence-corrected chi connectivity index (χ3v) is 4.27. The van der Waals surface area contributed by atoms with Crippen molar-refractivity contribution in [1.82, 2.24) is 9.97 Å². The molecule has 21 heavy (non-hydrogen) atoms. The van der Waals surface area contributed by atoms with Crippen LogP contribution in [0.4, 0.5) is 14.6 Å². The van der Waals surface area contributed by atoms with E-state index in [1.807, 2.05) is 0 Å². The predicted octanol–water partition coefficient (Wildman–Crippen LogP) is 4.03. The van der Waals surface area contributed by atoms with E-state index in [1.165, 1.54) is 12.1 Å².